The highest BCUT2D eigenvalue weighted by atomic mass is 16.5. The van der Waals surface area contributed by atoms with Crippen LogP contribution in [0.1, 0.15) is 30.7 Å². The molecule has 2 aromatic rings. The number of rotatable bonds is 10. The number of hydrogen-bond donors (Lipinski definition) is 1. The molecule has 0 unspecified atom stereocenters. The lowest BCUT2D eigenvalue weighted by Gasteiger charge is -2.20. The van der Waals surface area contributed by atoms with Crippen LogP contribution in [0.4, 0.5) is 5.82 Å². The number of aryl methyl sites for hydroxylation is 1. The van der Waals surface area contributed by atoms with Crippen LogP contribution in [0.5, 0.6) is 6.01 Å². The van der Waals surface area contributed by atoms with Crippen LogP contribution in [0.3, 0.4) is 0 Å². The molecule has 0 spiro atoms. The molecule has 0 aliphatic heterocycles. The summed E-state index contributed by atoms with van der Waals surface area (Å²) in [4.78, 5) is 15.8. The predicted octanol–water partition coefficient (Wildman–Crippen LogP) is 2.85. The van der Waals surface area contributed by atoms with E-state index in [9.17, 15) is 0 Å². The molecule has 0 saturated carbocycles. The summed E-state index contributed by atoms with van der Waals surface area (Å²) in [7, 11) is 1.89. The zero-order valence-corrected chi connectivity index (χ0v) is 16.2. The van der Waals surface area contributed by atoms with Gasteiger partial charge in [-0.2, -0.15) is 9.97 Å². The van der Waals surface area contributed by atoms with Crippen LogP contribution in [0, 0.1) is 6.92 Å². The number of likely N-dealkylation sites (N-methyl/N-ethyl adjacent to an activating group) is 1. The molecule has 2 rings (SSSR count). The van der Waals surface area contributed by atoms with Gasteiger partial charge in [0.15, 0.2) is 0 Å². The van der Waals surface area contributed by atoms with E-state index >= 15 is 0 Å². The first-order valence-electron chi connectivity index (χ1n) is 9.13. The highest BCUT2D eigenvalue weighted by Crippen LogP contribution is 2.17. The lowest BCUT2D eigenvalue weighted by atomic mass is 10.1. The van der Waals surface area contributed by atoms with Gasteiger partial charge < -0.3 is 15.0 Å². The molecule has 0 aliphatic rings. The molecule has 6 heteroatoms. The molecule has 0 bridgehead atoms. The SMILES string of the molecule is CCN(CC)c1cc(CN=Cc2cccc(C)c2)nc(OCCNC)n1. The Bertz CT molecular complexity index is 713. The molecule has 0 fully saturated rings. The third-order valence-electron chi connectivity index (χ3n) is 3.95. The van der Waals surface area contributed by atoms with E-state index in [1.165, 1.54) is 5.56 Å². The Kier molecular flexibility index (Phi) is 8.02. The van der Waals surface area contributed by atoms with Crippen LogP contribution in [-0.2, 0) is 6.54 Å². The fraction of sp³-hybridized carbons (Fsp3) is 0.450. The first kappa shape index (κ1) is 19.8. The normalized spacial score (nSPS) is 11.1. The van der Waals surface area contributed by atoms with Gasteiger partial charge in [-0.1, -0.05) is 29.8 Å². The van der Waals surface area contributed by atoms with Crippen LogP contribution in [0.15, 0.2) is 35.3 Å². The second kappa shape index (κ2) is 10.5. The van der Waals surface area contributed by atoms with Gasteiger partial charge >= 0.3 is 6.01 Å². The third kappa shape index (κ3) is 6.11. The molecule has 1 N–H and O–H groups in total. The molecule has 0 amide bonds. The summed E-state index contributed by atoms with van der Waals surface area (Å²) in [6.45, 7) is 9.85. The fourth-order valence-electron chi connectivity index (χ4n) is 2.55. The molecular formula is C20H29N5O. The van der Waals surface area contributed by atoms with Crippen molar-refractivity contribution in [2.45, 2.75) is 27.3 Å². The molecule has 6 nitrogen and oxygen atoms in total. The number of benzene rings is 1. The molecule has 0 atom stereocenters. The van der Waals surface area contributed by atoms with Crippen LogP contribution in [-0.4, -0.2) is 49.5 Å². The highest BCUT2D eigenvalue weighted by molar-refractivity contribution is 5.79. The van der Waals surface area contributed by atoms with Gasteiger partial charge in [0.05, 0.1) is 12.2 Å². The highest BCUT2D eigenvalue weighted by Gasteiger charge is 2.10. The number of aromatic nitrogens is 2. The molecular weight excluding hydrogens is 326 g/mol. The molecule has 26 heavy (non-hydrogen) atoms. The van der Waals surface area contributed by atoms with Crippen molar-refractivity contribution in [3.63, 3.8) is 0 Å². The molecule has 0 aliphatic carbocycles. The Morgan fingerprint density at radius 1 is 1.19 bits per heavy atom. The van der Waals surface area contributed by atoms with E-state index in [0.29, 0.717) is 19.2 Å². The lowest BCUT2D eigenvalue weighted by molar-refractivity contribution is 0.292. The van der Waals surface area contributed by atoms with E-state index in [4.69, 9.17) is 4.74 Å². The summed E-state index contributed by atoms with van der Waals surface area (Å²) in [5, 5.41) is 3.05. The first-order chi connectivity index (χ1) is 12.7. The Labute approximate surface area is 156 Å². The average molecular weight is 355 g/mol. The van der Waals surface area contributed by atoms with Gasteiger partial charge in [0.25, 0.3) is 0 Å². The second-order valence-corrected chi connectivity index (χ2v) is 6.01. The number of nitrogens with one attached hydrogen (secondary N) is 1. The zero-order valence-electron chi connectivity index (χ0n) is 16.2. The van der Waals surface area contributed by atoms with Gasteiger partial charge in [-0.05, 0) is 33.4 Å². The summed E-state index contributed by atoms with van der Waals surface area (Å²) >= 11 is 0. The number of hydrogen-bond acceptors (Lipinski definition) is 6. The lowest BCUT2D eigenvalue weighted by Crippen LogP contribution is -2.24. The van der Waals surface area contributed by atoms with E-state index < -0.39 is 0 Å². The van der Waals surface area contributed by atoms with E-state index in [1.807, 2.05) is 31.5 Å². The van der Waals surface area contributed by atoms with E-state index in [1.54, 1.807) is 0 Å². The Morgan fingerprint density at radius 3 is 2.69 bits per heavy atom. The predicted molar refractivity (Wildman–Crippen MR) is 107 cm³/mol. The molecule has 1 aromatic heterocycles. The molecule has 140 valence electrons. The summed E-state index contributed by atoms with van der Waals surface area (Å²) in [6, 6.07) is 10.7. The summed E-state index contributed by atoms with van der Waals surface area (Å²) < 4.78 is 5.68. The van der Waals surface area contributed by atoms with Gasteiger partial charge in [-0.3, -0.25) is 4.99 Å². The minimum absolute atomic E-state index is 0.408. The number of ether oxygens (including phenoxy) is 1. The van der Waals surface area contributed by atoms with Crippen LogP contribution in [0.25, 0.3) is 0 Å². The van der Waals surface area contributed by atoms with Crippen molar-refractivity contribution >= 4 is 12.0 Å². The summed E-state index contributed by atoms with van der Waals surface area (Å²) in [5.41, 5.74) is 3.17. The largest absolute Gasteiger partial charge is 0.462 e. The molecule has 1 heterocycles. The topological polar surface area (TPSA) is 62.6 Å². The quantitative estimate of drug-likeness (QED) is 0.524. The van der Waals surface area contributed by atoms with Crippen molar-refractivity contribution in [1.82, 2.24) is 15.3 Å². The van der Waals surface area contributed by atoms with Gasteiger partial charge in [0, 0.05) is 31.9 Å². The Balaban J connectivity index is 2.16. The Morgan fingerprint density at radius 2 is 2.00 bits per heavy atom. The minimum Gasteiger partial charge on any atom is -0.462 e. The van der Waals surface area contributed by atoms with Crippen molar-refractivity contribution in [2.75, 3.05) is 38.2 Å². The van der Waals surface area contributed by atoms with Gasteiger partial charge in [-0.25, -0.2) is 0 Å². The standard InChI is InChI=1S/C20H29N5O/c1-5-25(6-2)19-13-18(23-20(24-19)26-11-10-21-4)15-22-14-17-9-7-8-16(3)12-17/h7-9,12-14,21H,5-6,10-11,15H2,1-4H3. The monoisotopic (exact) mass is 355 g/mol. The summed E-state index contributed by atoms with van der Waals surface area (Å²) in [6.07, 6.45) is 1.88. The van der Waals surface area contributed by atoms with Crippen molar-refractivity contribution in [2.24, 2.45) is 4.99 Å². The van der Waals surface area contributed by atoms with Gasteiger partial charge in [0.1, 0.15) is 12.4 Å². The summed E-state index contributed by atoms with van der Waals surface area (Å²) in [5.74, 6) is 0.880. The number of nitrogens with zero attached hydrogens (tertiary/aromatic N) is 4. The van der Waals surface area contributed by atoms with E-state index in [2.05, 4.69) is 58.1 Å². The van der Waals surface area contributed by atoms with Crippen molar-refractivity contribution < 1.29 is 4.74 Å². The maximum absolute atomic E-state index is 5.68. The minimum atomic E-state index is 0.408. The van der Waals surface area contributed by atoms with Crippen LogP contribution < -0.4 is 15.0 Å². The maximum Gasteiger partial charge on any atom is 0.318 e. The smallest absolute Gasteiger partial charge is 0.318 e. The van der Waals surface area contributed by atoms with Crippen molar-refractivity contribution in [3.05, 3.63) is 47.2 Å². The fourth-order valence-corrected chi connectivity index (χ4v) is 2.55. The maximum atomic E-state index is 5.68. The van der Waals surface area contributed by atoms with Crippen LogP contribution in [0.2, 0.25) is 0 Å². The van der Waals surface area contributed by atoms with Gasteiger partial charge in [0.2, 0.25) is 0 Å². The second-order valence-electron chi connectivity index (χ2n) is 6.01. The Hall–Kier alpha value is -2.47. The average Bonchev–Trinajstić information content (AvgIpc) is 2.63. The first-order valence-corrected chi connectivity index (χ1v) is 9.13. The number of anilines is 1. The molecule has 0 radical (unpaired) electrons. The van der Waals surface area contributed by atoms with E-state index in [-0.39, 0.29) is 0 Å². The van der Waals surface area contributed by atoms with Crippen molar-refractivity contribution in [3.8, 4) is 6.01 Å². The van der Waals surface area contributed by atoms with Crippen molar-refractivity contribution in [1.29, 1.82) is 0 Å². The van der Waals surface area contributed by atoms with E-state index in [0.717, 1.165) is 36.7 Å². The van der Waals surface area contributed by atoms with Gasteiger partial charge in [-0.15, -0.1) is 0 Å². The molecule has 1 aromatic carbocycles. The third-order valence-corrected chi connectivity index (χ3v) is 3.95. The van der Waals surface area contributed by atoms with Crippen LogP contribution >= 0.6 is 0 Å². The molecule has 0 saturated heterocycles. The number of aliphatic imine (C=N–C) groups is 1. The zero-order chi connectivity index (χ0) is 18.8.